The van der Waals surface area contributed by atoms with Crippen LogP contribution >= 0.6 is 0 Å². The van der Waals surface area contributed by atoms with Gasteiger partial charge in [-0.15, -0.1) is 0 Å². The molecule has 0 radical (unpaired) electrons. The highest BCUT2D eigenvalue weighted by molar-refractivity contribution is 5.92. The molecule has 0 saturated heterocycles. The summed E-state index contributed by atoms with van der Waals surface area (Å²) in [5.74, 6) is -0.514. The molecule has 6 heteroatoms. The molecule has 0 spiro atoms. The number of rotatable bonds is 7. The van der Waals surface area contributed by atoms with Crippen LogP contribution < -0.4 is 5.32 Å². The number of esters is 1. The second kappa shape index (κ2) is 7.56. The number of nitrogens with zero attached hydrogens (tertiary/aromatic N) is 2. The minimum atomic E-state index is -0.305. The highest BCUT2D eigenvalue weighted by Crippen LogP contribution is 2.05. The van der Waals surface area contributed by atoms with Gasteiger partial charge in [0, 0.05) is 13.1 Å². The van der Waals surface area contributed by atoms with Crippen molar-refractivity contribution in [3.8, 4) is 0 Å². The topological polar surface area (TPSA) is 73.2 Å². The van der Waals surface area contributed by atoms with E-state index in [1.165, 1.54) is 0 Å². The molecule has 6 nitrogen and oxygen atoms in total. The number of aromatic nitrogens is 2. The number of carbonyl (C=O) groups is 2. The normalized spacial score (nSPS) is 10.3. The number of hydrogen-bond donors (Lipinski definition) is 1. The van der Waals surface area contributed by atoms with Gasteiger partial charge >= 0.3 is 5.97 Å². The maximum absolute atomic E-state index is 12.0. The molecule has 1 heterocycles. The third-order valence-corrected chi connectivity index (χ3v) is 2.64. The van der Waals surface area contributed by atoms with Crippen molar-refractivity contribution < 1.29 is 14.3 Å². The number of carbonyl (C=O) groups excluding carboxylic acids is 2. The lowest BCUT2D eigenvalue weighted by molar-refractivity contribution is -0.142. The summed E-state index contributed by atoms with van der Waals surface area (Å²) in [5, 5.41) is 7.00. The molecule has 1 N–H and O–H groups in total. The van der Waals surface area contributed by atoms with Gasteiger partial charge in [0.1, 0.15) is 5.69 Å². The van der Waals surface area contributed by atoms with Crippen molar-refractivity contribution in [1.29, 1.82) is 0 Å². The van der Waals surface area contributed by atoms with Gasteiger partial charge in [-0.3, -0.25) is 14.3 Å². The maximum Gasteiger partial charge on any atom is 0.307 e. The van der Waals surface area contributed by atoms with E-state index < -0.39 is 0 Å². The third kappa shape index (κ3) is 4.39. The van der Waals surface area contributed by atoms with E-state index in [2.05, 4.69) is 10.4 Å². The lowest BCUT2D eigenvalue weighted by Gasteiger charge is -2.06. The van der Waals surface area contributed by atoms with Crippen LogP contribution in [0.2, 0.25) is 0 Å². The molecule has 0 bridgehead atoms. The van der Waals surface area contributed by atoms with Gasteiger partial charge in [-0.2, -0.15) is 5.10 Å². The monoisotopic (exact) mass is 267 g/mol. The molecule has 106 valence electrons. The Kier molecular flexibility index (Phi) is 6.05. The van der Waals surface area contributed by atoms with Crippen LogP contribution in [0.25, 0.3) is 0 Å². The van der Waals surface area contributed by atoms with Crippen molar-refractivity contribution in [3.63, 3.8) is 0 Å². The fourth-order valence-corrected chi connectivity index (χ4v) is 1.67. The van der Waals surface area contributed by atoms with Gasteiger partial charge in [0.2, 0.25) is 0 Å². The van der Waals surface area contributed by atoms with Crippen LogP contribution in [-0.4, -0.2) is 34.8 Å². The minimum Gasteiger partial charge on any atom is -0.466 e. The van der Waals surface area contributed by atoms with E-state index in [0.29, 0.717) is 18.8 Å². The van der Waals surface area contributed by atoms with E-state index >= 15 is 0 Å². The van der Waals surface area contributed by atoms with Gasteiger partial charge < -0.3 is 10.1 Å². The Balaban J connectivity index is 2.53. The van der Waals surface area contributed by atoms with Crippen molar-refractivity contribution in [2.75, 3.05) is 13.2 Å². The Hall–Kier alpha value is -1.85. The minimum absolute atomic E-state index is 0.181. The van der Waals surface area contributed by atoms with E-state index in [4.69, 9.17) is 4.74 Å². The second-order valence-corrected chi connectivity index (χ2v) is 4.00. The van der Waals surface area contributed by atoms with Crippen LogP contribution in [0.5, 0.6) is 0 Å². The standard InChI is InChI=1S/C13H21N3O3/c1-4-10-9-11(16(5-2)15-10)13(18)14-8-7-12(17)19-6-3/h9H,4-8H2,1-3H3,(H,14,18). The fourth-order valence-electron chi connectivity index (χ4n) is 1.67. The Morgan fingerprint density at radius 2 is 2.11 bits per heavy atom. The van der Waals surface area contributed by atoms with Crippen molar-refractivity contribution in [2.24, 2.45) is 0 Å². The first-order chi connectivity index (χ1) is 9.12. The van der Waals surface area contributed by atoms with Gasteiger partial charge in [0.05, 0.1) is 18.7 Å². The second-order valence-electron chi connectivity index (χ2n) is 4.00. The fraction of sp³-hybridized carbons (Fsp3) is 0.615. The first-order valence-corrected chi connectivity index (χ1v) is 6.62. The van der Waals surface area contributed by atoms with Crippen molar-refractivity contribution in [1.82, 2.24) is 15.1 Å². The first kappa shape index (κ1) is 15.2. The van der Waals surface area contributed by atoms with E-state index in [1.54, 1.807) is 17.7 Å². The average molecular weight is 267 g/mol. The molecule has 0 aliphatic heterocycles. The Morgan fingerprint density at radius 1 is 1.37 bits per heavy atom. The molecular formula is C13H21N3O3. The van der Waals surface area contributed by atoms with Gasteiger partial charge in [-0.25, -0.2) is 0 Å². The van der Waals surface area contributed by atoms with Crippen LogP contribution in [0, 0.1) is 0 Å². The SMILES string of the molecule is CCOC(=O)CCNC(=O)c1cc(CC)nn1CC. The van der Waals surface area contributed by atoms with Crippen LogP contribution in [0.15, 0.2) is 6.07 Å². The number of ether oxygens (including phenoxy) is 1. The highest BCUT2D eigenvalue weighted by Gasteiger charge is 2.14. The lowest BCUT2D eigenvalue weighted by Crippen LogP contribution is -2.28. The summed E-state index contributed by atoms with van der Waals surface area (Å²) in [5.41, 5.74) is 1.42. The van der Waals surface area contributed by atoms with Gasteiger partial charge in [0.25, 0.3) is 5.91 Å². The molecule has 1 aromatic heterocycles. The average Bonchev–Trinajstić information content (AvgIpc) is 2.82. The summed E-state index contributed by atoms with van der Waals surface area (Å²) in [6.45, 7) is 6.94. The zero-order chi connectivity index (χ0) is 14.3. The number of hydrogen-bond acceptors (Lipinski definition) is 4. The summed E-state index contributed by atoms with van der Waals surface area (Å²) in [6.07, 6.45) is 0.969. The highest BCUT2D eigenvalue weighted by atomic mass is 16.5. The molecule has 0 saturated carbocycles. The zero-order valence-corrected chi connectivity index (χ0v) is 11.7. The van der Waals surface area contributed by atoms with E-state index in [-0.39, 0.29) is 24.8 Å². The molecular weight excluding hydrogens is 246 g/mol. The molecule has 0 atom stereocenters. The van der Waals surface area contributed by atoms with E-state index in [0.717, 1.165) is 12.1 Å². The van der Waals surface area contributed by atoms with Gasteiger partial charge in [-0.1, -0.05) is 6.92 Å². The lowest BCUT2D eigenvalue weighted by atomic mass is 10.3. The molecule has 0 unspecified atom stereocenters. The molecule has 0 fully saturated rings. The summed E-state index contributed by atoms with van der Waals surface area (Å²) in [4.78, 5) is 23.1. The molecule has 1 rings (SSSR count). The quantitative estimate of drug-likeness (QED) is 0.752. The zero-order valence-electron chi connectivity index (χ0n) is 11.7. The largest absolute Gasteiger partial charge is 0.466 e. The predicted molar refractivity (Wildman–Crippen MR) is 70.9 cm³/mol. The maximum atomic E-state index is 12.0. The molecule has 1 amide bonds. The van der Waals surface area contributed by atoms with Crippen molar-refractivity contribution in [3.05, 3.63) is 17.5 Å². The van der Waals surface area contributed by atoms with Crippen LogP contribution in [0.3, 0.4) is 0 Å². The van der Waals surface area contributed by atoms with Crippen molar-refractivity contribution in [2.45, 2.75) is 40.2 Å². The van der Waals surface area contributed by atoms with Gasteiger partial charge in [-0.05, 0) is 26.3 Å². The Labute approximate surface area is 113 Å². The molecule has 0 aliphatic carbocycles. The number of amides is 1. The van der Waals surface area contributed by atoms with Crippen LogP contribution in [0.1, 0.15) is 43.4 Å². The first-order valence-electron chi connectivity index (χ1n) is 6.62. The summed E-state index contributed by atoms with van der Waals surface area (Å²) in [6, 6.07) is 1.78. The predicted octanol–water partition coefficient (Wildman–Crippen LogP) is 1.15. The van der Waals surface area contributed by atoms with Crippen molar-refractivity contribution >= 4 is 11.9 Å². The number of nitrogens with one attached hydrogen (secondary N) is 1. The van der Waals surface area contributed by atoms with Crippen LogP contribution in [-0.2, 0) is 22.5 Å². The summed E-state index contributed by atoms with van der Waals surface area (Å²) in [7, 11) is 0. The molecule has 0 aliphatic rings. The van der Waals surface area contributed by atoms with Gasteiger partial charge in [0.15, 0.2) is 0 Å². The number of aryl methyl sites for hydroxylation is 2. The molecule has 1 aromatic rings. The summed E-state index contributed by atoms with van der Waals surface area (Å²) >= 11 is 0. The van der Waals surface area contributed by atoms with E-state index in [1.807, 2.05) is 13.8 Å². The third-order valence-electron chi connectivity index (χ3n) is 2.64. The summed E-state index contributed by atoms with van der Waals surface area (Å²) < 4.78 is 6.45. The molecule has 0 aromatic carbocycles. The Morgan fingerprint density at radius 3 is 2.68 bits per heavy atom. The van der Waals surface area contributed by atoms with Crippen LogP contribution in [0.4, 0.5) is 0 Å². The smallest absolute Gasteiger partial charge is 0.307 e. The Bertz CT molecular complexity index is 440. The molecule has 19 heavy (non-hydrogen) atoms. The van der Waals surface area contributed by atoms with E-state index in [9.17, 15) is 9.59 Å².